The zero-order valence-electron chi connectivity index (χ0n) is 8.63. The van der Waals surface area contributed by atoms with Gasteiger partial charge in [-0.15, -0.1) is 0 Å². The number of hydrogen-bond acceptors (Lipinski definition) is 3. The fourth-order valence-corrected chi connectivity index (χ4v) is 1.75. The summed E-state index contributed by atoms with van der Waals surface area (Å²) in [5.74, 6) is -0.759. The van der Waals surface area contributed by atoms with E-state index in [4.69, 9.17) is 16.3 Å². The summed E-state index contributed by atoms with van der Waals surface area (Å²) < 4.78 is 5.49. The minimum atomic E-state index is -0.502. The SMILES string of the molecule is CCOC(=O)CC(=O)c1ccc(Cl)c(I)c1. The number of carbonyl (C=O) groups is 2. The lowest BCUT2D eigenvalue weighted by atomic mass is 10.1. The molecule has 16 heavy (non-hydrogen) atoms. The van der Waals surface area contributed by atoms with Gasteiger partial charge in [0.05, 0.1) is 11.6 Å². The molecule has 0 aromatic heterocycles. The number of halogens is 2. The molecular formula is C11H10ClIO3. The first-order valence-electron chi connectivity index (χ1n) is 4.68. The summed E-state index contributed by atoms with van der Waals surface area (Å²) in [7, 11) is 0. The Labute approximate surface area is 112 Å². The third kappa shape index (κ3) is 3.75. The van der Waals surface area contributed by atoms with Gasteiger partial charge in [-0.3, -0.25) is 9.59 Å². The molecule has 0 N–H and O–H groups in total. The highest BCUT2D eigenvalue weighted by Crippen LogP contribution is 2.20. The average Bonchev–Trinajstić information content (AvgIpc) is 2.22. The van der Waals surface area contributed by atoms with Gasteiger partial charge in [0.25, 0.3) is 0 Å². The fourth-order valence-electron chi connectivity index (χ4n) is 1.11. The second-order valence-corrected chi connectivity index (χ2v) is 4.60. The summed E-state index contributed by atoms with van der Waals surface area (Å²) in [5, 5.41) is 0.591. The number of rotatable bonds is 4. The Hall–Kier alpha value is -0.620. The zero-order valence-corrected chi connectivity index (χ0v) is 11.5. The number of esters is 1. The van der Waals surface area contributed by atoms with Gasteiger partial charge in [-0.2, -0.15) is 0 Å². The summed E-state index contributed by atoms with van der Waals surface area (Å²) in [6.07, 6.45) is -0.231. The van der Waals surface area contributed by atoms with Gasteiger partial charge in [0.1, 0.15) is 6.42 Å². The van der Waals surface area contributed by atoms with E-state index in [1.807, 2.05) is 22.6 Å². The van der Waals surface area contributed by atoms with Crippen molar-refractivity contribution in [2.24, 2.45) is 0 Å². The highest BCUT2D eigenvalue weighted by Gasteiger charge is 2.13. The quantitative estimate of drug-likeness (QED) is 0.362. The lowest BCUT2D eigenvalue weighted by molar-refractivity contribution is -0.141. The van der Waals surface area contributed by atoms with E-state index in [0.717, 1.165) is 3.57 Å². The van der Waals surface area contributed by atoms with E-state index in [-0.39, 0.29) is 18.8 Å². The van der Waals surface area contributed by atoms with Gasteiger partial charge in [-0.05, 0) is 47.7 Å². The predicted molar refractivity (Wildman–Crippen MR) is 69.7 cm³/mol. The second kappa shape index (κ2) is 6.20. The Morgan fingerprint density at radius 3 is 2.69 bits per heavy atom. The molecule has 86 valence electrons. The standard InChI is InChI=1S/C11H10ClIO3/c1-2-16-11(15)6-10(14)7-3-4-8(12)9(13)5-7/h3-5H,2,6H2,1H3. The topological polar surface area (TPSA) is 43.4 Å². The lowest BCUT2D eigenvalue weighted by Crippen LogP contribution is -2.11. The van der Waals surface area contributed by atoms with E-state index in [0.29, 0.717) is 10.6 Å². The van der Waals surface area contributed by atoms with Crippen molar-refractivity contribution in [2.75, 3.05) is 6.61 Å². The summed E-state index contributed by atoms with van der Waals surface area (Å²) in [6, 6.07) is 4.90. The molecule has 3 nitrogen and oxygen atoms in total. The van der Waals surface area contributed by atoms with Crippen LogP contribution in [0.1, 0.15) is 23.7 Å². The molecule has 0 bridgehead atoms. The van der Waals surface area contributed by atoms with Gasteiger partial charge in [-0.25, -0.2) is 0 Å². The maximum absolute atomic E-state index is 11.6. The van der Waals surface area contributed by atoms with Crippen LogP contribution in [0.3, 0.4) is 0 Å². The molecule has 0 heterocycles. The van der Waals surface area contributed by atoms with Crippen LogP contribution in [0, 0.1) is 3.57 Å². The molecule has 0 spiro atoms. The smallest absolute Gasteiger partial charge is 0.313 e. The van der Waals surface area contributed by atoms with Crippen molar-refractivity contribution in [1.29, 1.82) is 0 Å². The van der Waals surface area contributed by atoms with Gasteiger partial charge in [0.15, 0.2) is 5.78 Å². The molecule has 0 radical (unpaired) electrons. The van der Waals surface area contributed by atoms with Crippen molar-refractivity contribution in [3.8, 4) is 0 Å². The fraction of sp³-hybridized carbons (Fsp3) is 0.273. The Bertz CT molecular complexity index is 418. The van der Waals surface area contributed by atoms with Crippen molar-refractivity contribution in [3.05, 3.63) is 32.4 Å². The Balaban J connectivity index is 2.73. The second-order valence-electron chi connectivity index (χ2n) is 3.03. The molecule has 5 heteroatoms. The molecule has 1 aromatic rings. The Morgan fingerprint density at radius 1 is 1.44 bits per heavy atom. The molecule has 0 unspecified atom stereocenters. The van der Waals surface area contributed by atoms with Crippen LogP contribution in [-0.4, -0.2) is 18.4 Å². The van der Waals surface area contributed by atoms with Crippen LogP contribution in [0.15, 0.2) is 18.2 Å². The molecule has 0 aliphatic rings. The highest BCUT2D eigenvalue weighted by molar-refractivity contribution is 14.1. The van der Waals surface area contributed by atoms with Crippen molar-refractivity contribution < 1.29 is 14.3 Å². The molecule has 1 aromatic carbocycles. The molecule has 1 rings (SSSR count). The van der Waals surface area contributed by atoms with Crippen LogP contribution < -0.4 is 0 Å². The number of hydrogen-bond donors (Lipinski definition) is 0. The van der Waals surface area contributed by atoms with Gasteiger partial charge in [-0.1, -0.05) is 11.6 Å². The van der Waals surface area contributed by atoms with Crippen LogP contribution in [-0.2, 0) is 9.53 Å². The van der Waals surface area contributed by atoms with E-state index >= 15 is 0 Å². The van der Waals surface area contributed by atoms with Gasteiger partial charge in [0.2, 0.25) is 0 Å². The molecular weight excluding hydrogens is 342 g/mol. The van der Waals surface area contributed by atoms with E-state index in [2.05, 4.69) is 0 Å². The van der Waals surface area contributed by atoms with Crippen LogP contribution in [0.4, 0.5) is 0 Å². The summed E-state index contributed by atoms with van der Waals surface area (Å²) in [5.41, 5.74) is 0.474. The number of benzene rings is 1. The van der Waals surface area contributed by atoms with Gasteiger partial charge in [0, 0.05) is 9.13 Å². The molecule has 0 aliphatic heterocycles. The maximum atomic E-state index is 11.6. The van der Waals surface area contributed by atoms with Crippen LogP contribution in [0.25, 0.3) is 0 Å². The van der Waals surface area contributed by atoms with E-state index in [9.17, 15) is 9.59 Å². The summed E-state index contributed by atoms with van der Waals surface area (Å²) >= 11 is 7.86. The molecule has 0 fully saturated rings. The van der Waals surface area contributed by atoms with Gasteiger partial charge < -0.3 is 4.74 Å². The highest BCUT2D eigenvalue weighted by atomic mass is 127. The first-order valence-corrected chi connectivity index (χ1v) is 6.14. The predicted octanol–water partition coefficient (Wildman–Crippen LogP) is 3.08. The summed E-state index contributed by atoms with van der Waals surface area (Å²) in [4.78, 5) is 22.8. The third-order valence-electron chi connectivity index (χ3n) is 1.85. The molecule has 0 atom stereocenters. The normalized spacial score (nSPS) is 9.94. The minimum absolute atomic E-state index is 0.231. The number of Topliss-reactive ketones (excluding diaryl/α,β-unsaturated/α-hetero) is 1. The van der Waals surface area contributed by atoms with E-state index in [1.54, 1.807) is 25.1 Å². The third-order valence-corrected chi connectivity index (χ3v) is 3.39. The maximum Gasteiger partial charge on any atom is 0.313 e. The van der Waals surface area contributed by atoms with Crippen LogP contribution in [0.5, 0.6) is 0 Å². The van der Waals surface area contributed by atoms with Crippen molar-refractivity contribution >= 4 is 45.9 Å². The van der Waals surface area contributed by atoms with Gasteiger partial charge >= 0.3 is 5.97 Å². The number of ketones is 1. The van der Waals surface area contributed by atoms with Crippen molar-refractivity contribution in [3.63, 3.8) is 0 Å². The van der Waals surface area contributed by atoms with Crippen LogP contribution in [0.2, 0.25) is 5.02 Å². The number of carbonyl (C=O) groups excluding carboxylic acids is 2. The summed E-state index contributed by atoms with van der Waals surface area (Å²) in [6.45, 7) is 1.98. The van der Waals surface area contributed by atoms with Crippen molar-refractivity contribution in [2.45, 2.75) is 13.3 Å². The Morgan fingerprint density at radius 2 is 2.12 bits per heavy atom. The Kier molecular flexibility index (Phi) is 5.21. The first-order chi connectivity index (χ1) is 7.54. The number of ether oxygens (including phenoxy) is 1. The molecule has 0 aliphatic carbocycles. The molecule has 0 saturated heterocycles. The minimum Gasteiger partial charge on any atom is -0.466 e. The molecule has 0 amide bonds. The largest absolute Gasteiger partial charge is 0.466 e. The van der Waals surface area contributed by atoms with Crippen molar-refractivity contribution in [1.82, 2.24) is 0 Å². The molecule has 0 saturated carbocycles. The van der Waals surface area contributed by atoms with E-state index < -0.39 is 5.97 Å². The zero-order chi connectivity index (χ0) is 12.1. The average molecular weight is 353 g/mol. The van der Waals surface area contributed by atoms with E-state index in [1.165, 1.54) is 0 Å². The lowest BCUT2D eigenvalue weighted by Gasteiger charge is -2.03. The monoisotopic (exact) mass is 352 g/mol. The first kappa shape index (κ1) is 13.4. The van der Waals surface area contributed by atoms with Crippen LogP contribution >= 0.6 is 34.2 Å².